The molecule has 1 fully saturated rings. The highest BCUT2D eigenvalue weighted by Gasteiger charge is 2.31. The van der Waals surface area contributed by atoms with Crippen molar-refractivity contribution in [2.45, 2.75) is 50.0 Å². The van der Waals surface area contributed by atoms with Crippen molar-refractivity contribution < 1.29 is 4.55 Å². The average molecular weight is 233 g/mol. The Morgan fingerprint density at radius 2 is 2.14 bits per heavy atom. The minimum Gasteiger partial charge on any atom is -0.591 e. The number of rotatable bonds is 2. The van der Waals surface area contributed by atoms with Crippen LogP contribution in [0.4, 0.5) is 0 Å². The van der Waals surface area contributed by atoms with Crippen LogP contribution in [0, 0.1) is 0 Å². The summed E-state index contributed by atoms with van der Waals surface area (Å²) in [4.78, 5) is 0. The van der Waals surface area contributed by atoms with E-state index in [0.29, 0.717) is 0 Å². The second kappa shape index (κ2) is 4.45. The van der Waals surface area contributed by atoms with Crippen LogP contribution in [-0.4, -0.2) is 26.0 Å². The largest absolute Gasteiger partial charge is 0.591 e. The van der Waals surface area contributed by atoms with Crippen LogP contribution in [0.5, 0.6) is 0 Å². The first kappa shape index (κ1) is 12.4. The quantitative estimate of drug-likeness (QED) is 0.543. The van der Waals surface area contributed by atoms with Crippen molar-refractivity contribution in [3.63, 3.8) is 0 Å². The summed E-state index contributed by atoms with van der Waals surface area (Å²) in [5.74, 6) is 1.20. The Morgan fingerprint density at radius 1 is 1.50 bits per heavy atom. The lowest BCUT2D eigenvalue weighted by Crippen LogP contribution is -2.27. The van der Waals surface area contributed by atoms with Gasteiger partial charge in [0.1, 0.15) is 16.1 Å². The average Bonchev–Trinajstić information content (AvgIpc) is 2.47. The summed E-state index contributed by atoms with van der Waals surface area (Å²) in [6.07, 6.45) is 4.30. The van der Waals surface area contributed by atoms with Gasteiger partial charge in [0.2, 0.25) is 0 Å². The zero-order valence-corrected chi connectivity index (χ0v) is 11.0. The van der Waals surface area contributed by atoms with Crippen molar-refractivity contribution in [2.75, 3.05) is 5.75 Å². The van der Waals surface area contributed by atoms with Gasteiger partial charge >= 0.3 is 0 Å². The van der Waals surface area contributed by atoms with Crippen molar-refractivity contribution >= 4 is 29.3 Å². The van der Waals surface area contributed by atoms with E-state index in [4.69, 9.17) is 0 Å². The minimum atomic E-state index is -1.10. The number of hydrogen-bond acceptors (Lipinski definition) is 3. The maximum Gasteiger partial charge on any atom is 0.144 e. The van der Waals surface area contributed by atoms with Gasteiger partial charge in [0.15, 0.2) is 0 Å². The molecular weight excluding hydrogens is 214 g/mol. The molecule has 14 heavy (non-hydrogen) atoms. The molecule has 1 heterocycles. The molecular formula is C10H19NOS2. The topological polar surface area (TPSA) is 35.4 Å². The number of hydrogen-bond donors (Lipinski definition) is 0. The third-order valence-electron chi connectivity index (χ3n) is 2.19. The Kier molecular flexibility index (Phi) is 3.95. The van der Waals surface area contributed by atoms with E-state index in [1.165, 1.54) is 12.2 Å². The first-order chi connectivity index (χ1) is 6.33. The standard InChI is InChI=1S/C10H19NOS2/c1-9(2,3)14(12)11-8-10(4)6-5-7-13-10/h8H,5-7H2,1-4H3/b11-8+. The van der Waals surface area contributed by atoms with Gasteiger partial charge in [0.25, 0.3) is 0 Å². The van der Waals surface area contributed by atoms with Gasteiger partial charge in [0, 0.05) is 0 Å². The van der Waals surface area contributed by atoms with Crippen molar-refractivity contribution in [3.8, 4) is 0 Å². The van der Waals surface area contributed by atoms with Gasteiger partial charge in [0.05, 0.1) is 11.0 Å². The zero-order chi connectivity index (χ0) is 10.8. The summed E-state index contributed by atoms with van der Waals surface area (Å²) in [6, 6.07) is 0. The molecule has 1 saturated heterocycles. The third-order valence-corrected chi connectivity index (χ3v) is 5.00. The fourth-order valence-corrected chi connectivity index (χ4v) is 3.10. The molecule has 1 aliphatic heterocycles. The molecule has 1 rings (SSSR count). The molecule has 4 heteroatoms. The molecule has 82 valence electrons. The van der Waals surface area contributed by atoms with E-state index in [9.17, 15) is 4.55 Å². The van der Waals surface area contributed by atoms with Crippen LogP contribution in [-0.2, 0) is 11.4 Å². The van der Waals surface area contributed by atoms with E-state index in [0.717, 1.165) is 6.42 Å². The monoisotopic (exact) mass is 233 g/mol. The lowest BCUT2D eigenvalue weighted by atomic mass is 10.1. The first-order valence-corrected chi connectivity index (χ1v) is 7.04. The summed E-state index contributed by atoms with van der Waals surface area (Å²) in [7, 11) is 0. The molecule has 2 atom stereocenters. The van der Waals surface area contributed by atoms with Crippen molar-refractivity contribution in [3.05, 3.63) is 0 Å². The molecule has 0 aromatic carbocycles. The highest BCUT2D eigenvalue weighted by atomic mass is 32.2. The Labute approximate surface area is 94.3 Å². The zero-order valence-electron chi connectivity index (χ0n) is 9.37. The lowest BCUT2D eigenvalue weighted by molar-refractivity contribution is 0.561. The molecule has 2 nitrogen and oxygen atoms in total. The molecule has 0 radical (unpaired) electrons. The van der Waals surface area contributed by atoms with E-state index >= 15 is 0 Å². The van der Waals surface area contributed by atoms with Crippen LogP contribution in [0.25, 0.3) is 0 Å². The molecule has 0 aromatic heterocycles. The maximum absolute atomic E-state index is 11.7. The van der Waals surface area contributed by atoms with Crippen molar-refractivity contribution in [1.82, 2.24) is 0 Å². The predicted octanol–water partition coefficient (Wildman–Crippen LogP) is 2.81. The second-order valence-electron chi connectivity index (χ2n) is 4.86. The molecule has 2 unspecified atom stereocenters. The van der Waals surface area contributed by atoms with Crippen molar-refractivity contribution in [1.29, 1.82) is 0 Å². The molecule has 0 saturated carbocycles. The Hall–Kier alpha value is 0.330. The summed E-state index contributed by atoms with van der Waals surface area (Å²) in [5, 5.41) is 0. The second-order valence-corrected chi connectivity index (χ2v) is 8.42. The van der Waals surface area contributed by atoms with Crippen molar-refractivity contribution in [2.24, 2.45) is 4.40 Å². The fourth-order valence-electron chi connectivity index (χ4n) is 1.22. The molecule has 0 spiro atoms. The first-order valence-electron chi connectivity index (χ1n) is 4.95. The minimum absolute atomic E-state index is 0.126. The Morgan fingerprint density at radius 3 is 2.57 bits per heavy atom. The molecule has 0 amide bonds. The van der Waals surface area contributed by atoms with Crippen LogP contribution >= 0.6 is 11.8 Å². The smallest absolute Gasteiger partial charge is 0.144 e. The third kappa shape index (κ3) is 3.48. The molecule has 1 aliphatic rings. The number of thioether (sulfide) groups is 1. The van der Waals surface area contributed by atoms with Gasteiger partial charge in [-0.25, -0.2) is 0 Å². The van der Waals surface area contributed by atoms with Crippen LogP contribution < -0.4 is 0 Å². The fraction of sp³-hybridized carbons (Fsp3) is 0.900. The van der Waals surface area contributed by atoms with Gasteiger partial charge in [-0.3, -0.25) is 0 Å². The van der Waals surface area contributed by atoms with E-state index in [-0.39, 0.29) is 9.49 Å². The van der Waals surface area contributed by atoms with Crippen LogP contribution in [0.1, 0.15) is 40.5 Å². The molecule has 0 bridgehead atoms. The van der Waals surface area contributed by atoms with Gasteiger partial charge in [-0.05, 0) is 46.3 Å². The van der Waals surface area contributed by atoms with Crippen LogP contribution in [0.2, 0.25) is 0 Å². The Balaban J connectivity index is 2.54. The highest BCUT2D eigenvalue weighted by molar-refractivity contribution is 8.01. The lowest BCUT2D eigenvalue weighted by Gasteiger charge is -2.20. The van der Waals surface area contributed by atoms with Crippen LogP contribution in [0.3, 0.4) is 0 Å². The normalized spacial score (nSPS) is 31.2. The molecule has 0 aliphatic carbocycles. The molecule has 0 N–H and O–H groups in total. The van der Waals surface area contributed by atoms with Crippen LogP contribution in [0.15, 0.2) is 4.40 Å². The van der Waals surface area contributed by atoms with E-state index < -0.39 is 11.4 Å². The van der Waals surface area contributed by atoms with Gasteiger partial charge in [-0.1, -0.05) is 4.40 Å². The van der Waals surface area contributed by atoms with Gasteiger partial charge < -0.3 is 4.55 Å². The maximum atomic E-state index is 11.7. The summed E-state index contributed by atoms with van der Waals surface area (Å²) in [6.45, 7) is 8.02. The number of nitrogens with zero attached hydrogens (tertiary/aromatic N) is 1. The highest BCUT2D eigenvalue weighted by Crippen LogP contribution is 2.36. The van der Waals surface area contributed by atoms with Gasteiger partial charge in [-0.2, -0.15) is 0 Å². The Bertz CT molecular complexity index is 217. The van der Waals surface area contributed by atoms with E-state index in [1.54, 1.807) is 0 Å². The summed E-state index contributed by atoms with van der Waals surface area (Å²) in [5.41, 5.74) is 0. The molecule has 0 aromatic rings. The predicted molar refractivity (Wildman–Crippen MR) is 66.5 cm³/mol. The summed E-state index contributed by atoms with van der Waals surface area (Å²) < 4.78 is 15.7. The SMILES string of the molecule is CC1(/C=N/[S+]([O-])C(C)(C)C)CCCS1. The van der Waals surface area contributed by atoms with E-state index in [1.807, 2.05) is 38.7 Å². The van der Waals surface area contributed by atoms with Gasteiger partial charge in [-0.15, -0.1) is 11.8 Å². The van der Waals surface area contributed by atoms with E-state index in [2.05, 4.69) is 11.3 Å². The summed E-state index contributed by atoms with van der Waals surface area (Å²) >= 11 is 0.810.